The van der Waals surface area contributed by atoms with E-state index in [2.05, 4.69) is 55.4 Å². The highest BCUT2D eigenvalue weighted by Crippen LogP contribution is 2.51. The number of hydrogen-bond acceptors (Lipinski definition) is 18. The van der Waals surface area contributed by atoms with Crippen LogP contribution in [0.15, 0.2) is 0 Å². The summed E-state index contributed by atoms with van der Waals surface area (Å²) in [6, 6.07) is 0. The molecule has 0 bridgehead atoms. The Kier molecular flexibility index (Phi) is 36.6. The normalized spacial score (nSPS) is 17.9. The number of esters is 7. The van der Waals surface area contributed by atoms with Crippen LogP contribution >= 0.6 is 0 Å². The van der Waals surface area contributed by atoms with E-state index in [1.54, 1.807) is 7.11 Å². The first-order valence-corrected chi connectivity index (χ1v) is 36.1. The third kappa shape index (κ3) is 25.8. The summed E-state index contributed by atoms with van der Waals surface area (Å²) in [6.45, 7) is 49.7. The van der Waals surface area contributed by atoms with Crippen molar-refractivity contribution >= 4 is 41.8 Å². The van der Waals surface area contributed by atoms with Gasteiger partial charge in [-0.25, -0.2) is 4.79 Å². The minimum Gasteiger partial charge on any atom is -0.465 e. The molecule has 4 aliphatic rings. The van der Waals surface area contributed by atoms with Crippen molar-refractivity contribution in [3.05, 3.63) is 0 Å². The Morgan fingerprint density at radius 3 is 0.830 bits per heavy atom. The first-order chi connectivity index (χ1) is 43.5. The van der Waals surface area contributed by atoms with Crippen molar-refractivity contribution in [3.8, 4) is 0 Å². The van der Waals surface area contributed by atoms with Crippen LogP contribution in [0.1, 0.15) is 307 Å². The number of hydrogen-bond donors (Lipinski definition) is 0. The van der Waals surface area contributed by atoms with Gasteiger partial charge >= 0.3 is 41.8 Å². The zero-order chi connectivity index (χ0) is 72.2. The van der Waals surface area contributed by atoms with Crippen molar-refractivity contribution in [2.75, 3.05) is 73.2 Å². The van der Waals surface area contributed by atoms with E-state index in [9.17, 15) is 33.6 Å². The summed E-state index contributed by atoms with van der Waals surface area (Å²) >= 11 is 0. The molecule has 0 spiro atoms. The predicted octanol–water partition coefficient (Wildman–Crippen LogP) is 16.8. The van der Waals surface area contributed by atoms with Gasteiger partial charge in [-0.3, -0.25) is 28.8 Å². The maximum atomic E-state index is 12.5. The summed E-state index contributed by atoms with van der Waals surface area (Å²) in [5, 5.41) is 0. The molecule has 0 amide bonds. The van der Waals surface area contributed by atoms with Gasteiger partial charge in [-0.1, -0.05) is 89.5 Å². The maximum absolute atomic E-state index is 12.5. The lowest BCUT2D eigenvalue weighted by Gasteiger charge is -2.48. The van der Waals surface area contributed by atoms with Gasteiger partial charge in [0.15, 0.2) is 6.61 Å². The van der Waals surface area contributed by atoms with E-state index in [4.69, 9.17) is 52.1 Å². The first kappa shape index (κ1) is 88.1. The molecule has 0 aromatic carbocycles. The molecular formula is C76H138O18. The Balaban J connectivity index is 0.000000629. The fourth-order valence-corrected chi connectivity index (χ4v) is 12.4. The van der Waals surface area contributed by atoms with Gasteiger partial charge in [-0.05, 0) is 205 Å². The van der Waals surface area contributed by atoms with Crippen molar-refractivity contribution in [2.24, 2.45) is 43.3 Å². The second kappa shape index (κ2) is 39.1. The molecule has 0 aliphatic heterocycles. The fraction of sp³-hybridized carbons (Fsp3) is 0.908. The standard InChI is InChI=1S/2C20H36O5.C19H34O5.C17H32O3/c1-7-18(2,3)17(22)24-14-11-16(21)25-20(12-9-8-10-13-20)19(4,5)15-23-6;1-7-18(3,4)17(22)24-14-11-16(21)25-20(12-9-10-13-20)19(5,6)15-23-8-2;1-7-17(3,4)16(21)23-13-15(20)24-19(11-9-10-12-19)18(5,6)14-22-8-2;1-7-15(3,4)14(18)20-17(11-9-10-12-17)16(5,6)13-19-8-2/h2*7-15H2,1-6H3;7-14H2,1-6H3;7-13H2,1-6H3. The minimum absolute atomic E-state index is 0.0635. The average Bonchev–Trinajstić information content (AvgIpc) is 1.54. The largest absolute Gasteiger partial charge is 0.465 e. The molecule has 0 N–H and O–H groups in total. The minimum atomic E-state index is -0.584. The number of carbonyl (C=O) groups is 7. The SMILES string of the molecule is CCC(C)(C)C(=O)OCCC(=O)OC1(C(C)(C)COC)CCCCC1.CCOCC(C)(C)C1(OC(=O)C(C)(C)CC)CCCC1.CCOCC(C)(C)C1(OC(=O)CCOC(=O)C(C)(C)CC)CCCC1.CCOCC(C)(C)C1(OC(=O)COC(=O)C(C)(C)CC)CCCC1. The summed E-state index contributed by atoms with van der Waals surface area (Å²) in [6.07, 6.45) is 19.8. The first-order valence-electron chi connectivity index (χ1n) is 36.1. The lowest BCUT2D eigenvalue weighted by molar-refractivity contribution is -0.190. The van der Waals surface area contributed by atoms with Gasteiger partial charge < -0.3 is 52.1 Å². The molecule has 18 heteroatoms. The van der Waals surface area contributed by atoms with Gasteiger partial charge in [0.2, 0.25) is 0 Å². The van der Waals surface area contributed by atoms with Crippen LogP contribution in [0.2, 0.25) is 0 Å². The van der Waals surface area contributed by atoms with Crippen molar-refractivity contribution in [1.82, 2.24) is 0 Å². The molecule has 4 saturated carbocycles. The van der Waals surface area contributed by atoms with Crippen LogP contribution in [-0.4, -0.2) is 137 Å². The molecule has 18 nitrogen and oxygen atoms in total. The van der Waals surface area contributed by atoms with Crippen molar-refractivity contribution < 1.29 is 85.7 Å². The summed E-state index contributed by atoms with van der Waals surface area (Å²) < 4.78 is 61.8. The van der Waals surface area contributed by atoms with Crippen LogP contribution in [0.3, 0.4) is 0 Å². The van der Waals surface area contributed by atoms with Crippen molar-refractivity contribution in [1.29, 1.82) is 0 Å². The summed E-state index contributed by atoms with van der Waals surface area (Å²) in [4.78, 5) is 85.6. The predicted molar refractivity (Wildman–Crippen MR) is 369 cm³/mol. The highest BCUT2D eigenvalue weighted by Gasteiger charge is 2.54. The second-order valence-electron chi connectivity index (χ2n) is 32.1. The van der Waals surface area contributed by atoms with Crippen LogP contribution in [-0.2, 0) is 85.7 Å². The number of ether oxygens (including phenoxy) is 11. The highest BCUT2D eigenvalue weighted by atomic mass is 16.6. The molecule has 4 rings (SSSR count). The molecule has 0 radical (unpaired) electrons. The highest BCUT2D eigenvalue weighted by molar-refractivity contribution is 5.80. The van der Waals surface area contributed by atoms with Crippen molar-refractivity contribution in [2.45, 2.75) is 329 Å². The quantitative estimate of drug-likeness (QED) is 0.0425. The van der Waals surface area contributed by atoms with Gasteiger partial charge in [0.1, 0.15) is 35.6 Å². The molecule has 4 fully saturated rings. The molecule has 0 aromatic heterocycles. The van der Waals surface area contributed by atoms with Crippen LogP contribution in [0.5, 0.6) is 0 Å². The lowest BCUT2D eigenvalue weighted by atomic mass is 9.67. The number of methoxy groups -OCH3 is 1. The Bertz CT molecular complexity index is 2280. The topological polar surface area (TPSA) is 221 Å². The Hall–Kier alpha value is -3.87. The maximum Gasteiger partial charge on any atom is 0.344 e. The van der Waals surface area contributed by atoms with E-state index in [0.717, 1.165) is 109 Å². The second-order valence-corrected chi connectivity index (χ2v) is 32.1. The smallest absolute Gasteiger partial charge is 0.344 e. The van der Waals surface area contributed by atoms with E-state index in [1.807, 2.05) is 104 Å². The lowest BCUT2D eigenvalue weighted by Crippen LogP contribution is -2.52. The summed E-state index contributed by atoms with van der Waals surface area (Å²) in [7, 11) is 1.68. The van der Waals surface area contributed by atoms with Gasteiger partial charge in [-0.2, -0.15) is 0 Å². The third-order valence-corrected chi connectivity index (χ3v) is 21.7. The molecule has 550 valence electrons. The van der Waals surface area contributed by atoms with Crippen LogP contribution in [0, 0.1) is 43.3 Å². The van der Waals surface area contributed by atoms with E-state index in [-0.39, 0.29) is 95.7 Å². The van der Waals surface area contributed by atoms with Crippen LogP contribution < -0.4 is 0 Å². The molecule has 0 heterocycles. The monoisotopic (exact) mass is 1340 g/mol. The molecule has 94 heavy (non-hydrogen) atoms. The fourth-order valence-electron chi connectivity index (χ4n) is 12.4. The van der Waals surface area contributed by atoms with Crippen LogP contribution in [0.25, 0.3) is 0 Å². The van der Waals surface area contributed by atoms with Crippen LogP contribution in [0.4, 0.5) is 0 Å². The Morgan fingerprint density at radius 1 is 0.309 bits per heavy atom. The van der Waals surface area contributed by atoms with Crippen molar-refractivity contribution in [3.63, 3.8) is 0 Å². The molecule has 0 saturated heterocycles. The van der Waals surface area contributed by atoms with E-state index < -0.39 is 44.4 Å². The Labute approximate surface area is 570 Å². The molecule has 0 unspecified atom stereocenters. The zero-order valence-corrected chi connectivity index (χ0v) is 64.2. The van der Waals surface area contributed by atoms with Gasteiger partial charge in [0.05, 0.1) is 60.9 Å². The molecule has 0 atom stereocenters. The van der Waals surface area contributed by atoms with E-state index >= 15 is 0 Å². The van der Waals surface area contributed by atoms with Gasteiger partial charge in [0.25, 0.3) is 0 Å². The van der Waals surface area contributed by atoms with Gasteiger partial charge in [-0.15, -0.1) is 0 Å². The summed E-state index contributed by atoms with van der Waals surface area (Å²) in [5.74, 6) is -2.03. The Morgan fingerprint density at radius 2 is 0.553 bits per heavy atom. The zero-order valence-electron chi connectivity index (χ0n) is 64.2. The molecular weight excluding hydrogens is 1200 g/mol. The number of rotatable bonds is 35. The molecule has 4 aliphatic carbocycles. The van der Waals surface area contributed by atoms with Gasteiger partial charge in [0, 0.05) is 48.6 Å². The van der Waals surface area contributed by atoms with E-state index in [0.29, 0.717) is 65.5 Å². The average molecular weight is 1340 g/mol. The summed E-state index contributed by atoms with van der Waals surface area (Å²) in [5.41, 5.74) is -4.80. The van der Waals surface area contributed by atoms with E-state index in [1.165, 1.54) is 6.42 Å². The molecule has 0 aromatic rings. The third-order valence-electron chi connectivity index (χ3n) is 21.7. The number of carbonyl (C=O) groups excluding carboxylic acids is 7.